The molecule has 0 radical (unpaired) electrons. The third kappa shape index (κ3) is 2.88. The van der Waals surface area contributed by atoms with Crippen molar-refractivity contribution in [3.8, 4) is 0 Å². The average Bonchev–Trinajstić information content (AvgIpc) is 3.18. The summed E-state index contributed by atoms with van der Waals surface area (Å²) in [4.78, 5) is 38.7. The summed E-state index contributed by atoms with van der Waals surface area (Å²) in [5.41, 5.74) is 1.33. The maximum Gasteiger partial charge on any atom is 0.228 e. The molecule has 0 spiro atoms. The highest BCUT2D eigenvalue weighted by Gasteiger charge is 2.60. The van der Waals surface area contributed by atoms with Crippen LogP contribution in [0.1, 0.15) is 45.7 Å². The minimum absolute atomic E-state index is 0.0879. The monoisotopic (exact) mass is 413 g/mol. The Balaban J connectivity index is 1.69. The van der Waals surface area contributed by atoms with E-state index in [9.17, 15) is 14.4 Å². The number of benzene rings is 2. The molecule has 0 aromatic heterocycles. The van der Waals surface area contributed by atoms with Crippen molar-refractivity contribution in [2.75, 3.05) is 5.32 Å². The van der Waals surface area contributed by atoms with Crippen molar-refractivity contribution in [2.24, 2.45) is 17.3 Å². The summed E-state index contributed by atoms with van der Waals surface area (Å²) in [6.07, 6.45) is 1.67. The Bertz CT molecular complexity index is 1070. The van der Waals surface area contributed by atoms with Crippen LogP contribution < -0.4 is 5.32 Å². The Hall–Kier alpha value is -2.43. The lowest BCUT2D eigenvalue weighted by Crippen LogP contribution is -2.25. The van der Waals surface area contributed by atoms with Crippen molar-refractivity contribution in [3.05, 3.63) is 75.3 Å². The number of amides is 1. The molecule has 2 aliphatic rings. The first kappa shape index (κ1) is 18.9. The van der Waals surface area contributed by atoms with E-state index < -0.39 is 0 Å². The minimum Gasteiger partial charge on any atom is -0.325 e. The predicted molar refractivity (Wildman–Crippen MR) is 109 cm³/mol. The summed E-state index contributed by atoms with van der Waals surface area (Å²) < 4.78 is 0.128. The van der Waals surface area contributed by atoms with Crippen molar-refractivity contribution in [3.63, 3.8) is 0 Å². The molecule has 0 saturated heterocycles. The average molecular weight is 414 g/mol. The topological polar surface area (TPSA) is 63.2 Å². The van der Waals surface area contributed by atoms with Crippen LogP contribution in [-0.2, 0) is 4.79 Å². The van der Waals surface area contributed by atoms with E-state index >= 15 is 0 Å². The molecule has 2 atom stereocenters. The van der Waals surface area contributed by atoms with Crippen LogP contribution in [0.25, 0.3) is 0 Å². The van der Waals surface area contributed by atoms with Gasteiger partial charge in [-0.3, -0.25) is 14.4 Å². The Morgan fingerprint density at radius 2 is 1.57 bits per heavy atom. The number of carbonyl (C=O) groups is 3. The number of hydrogen-bond donors (Lipinski definition) is 1. The molecule has 0 aliphatic heterocycles. The van der Waals surface area contributed by atoms with E-state index in [1.165, 1.54) is 0 Å². The molecule has 4 nitrogen and oxygen atoms in total. The summed E-state index contributed by atoms with van der Waals surface area (Å²) in [5, 5.41) is 2.85. The SMILES string of the molecule is CC1(C)[C@H](C(=O)Nc2cccc3c2C(=O)c2ccccc2C3=O)[C@@H]1C=C(Cl)Cl. The smallest absolute Gasteiger partial charge is 0.228 e. The molecule has 0 bridgehead atoms. The minimum atomic E-state index is -0.322. The van der Waals surface area contributed by atoms with Gasteiger partial charge < -0.3 is 5.32 Å². The van der Waals surface area contributed by atoms with Gasteiger partial charge in [0, 0.05) is 16.7 Å². The van der Waals surface area contributed by atoms with Gasteiger partial charge in [-0.15, -0.1) is 0 Å². The fourth-order valence-corrected chi connectivity index (χ4v) is 4.36. The van der Waals surface area contributed by atoms with Gasteiger partial charge >= 0.3 is 0 Å². The Morgan fingerprint density at radius 1 is 0.964 bits per heavy atom. The van der Waals surface area contributed by atoms with E-state index in [1.54, 1.807) is 48.5 Å². The molecule has 28 heavy (non-hydrogen) atoms. The number of nitrogens with one attached hydrogen (secondary N) is 1. The first-order chi connectivity index (χ1) is 13.2. The standard InChI is InChI=1S/C22H17Cl2NO3/c1-22(2)14(10-16(23)24)18(22)21(28)25-15-9-5-8-13-17(15)20(27)12-7-4-3-6-11(12)19(13)26/h3-10,14,18H,1-2H3,(H,25,28)/t14-,18-/m0/s1. The fourth-order valence-electron chi connectivity index (χ4n) is 4.08. The van der Waals surface area contributed by atoms with Crippen LogP contribution in [0.4, 0.5) is 5.69 Å². The highest BCUT2D eigenvalue weighted by molar-refractivity contribution is 6.55. The normalized spacial score (nSPS) is 21.4. The largest absolute Gasteiger partial charge is 0.325 e. The van der Waals surface area contributed by atoms with Gasteiger partial charge in [0.2, 0.25) is 5.91 Å². The number of allylic oxidation sites excluding steroid dienone is 1. The maximum atomic E-state index is 13.0. The molecule has 1 N–H and O–H groups in total. The molecule has 6 heteroatoms. The maximum absolute atomic E-state index is 13.0. The van der Waals surface area contributed by atoms with Crippen molar-refractivity contribution >= 4 is 46.4 Å². The van der Waals surface area contributed by atoms with Gasteiger partial charge in [-0.1, -0.05) is 73.4 Å². The molecule has 1 amide bonds. The summed E-state index contributed by atoms with van der Waals surface area (Å²) in [5.74, 6) is -1.12. The number of rotatable bonds is 3. The van der Waals surface area contributed by atoms with Crippen LogP contribution >= 0.6 is 23.2 Å². The van der Waals surface area contributed by atoms with Gasteiger partial charge in [0.1, 0.15) is 4.49 Å². The van der Waals surface area contributed by atoms with E-state index in [4.69, 9.17) is 23.2 Å². The van der Waals surface area contributed by atoms with Crippen molar-refractivity contribution in [1.82, 2.24) is 0 Å². The number of carbonyl (C=O) groups excluding carboxylic acids is 3. The van der Waals surface area contributed by atoms with Crippen LogP contribution in [0.5, 0.6) is 0 Å². The van der Waals surface area contributed by atoms with E-state index in [0.29, 0.717) is 22.4 Å². The quantitative estimate of drug-likeness (QED) is 0.657. The van der Waals surface area contributed by atoms with Crippen molar-refractivity contribution in [1.29, 1.82) is 0 Å². The van der Waals surface area contributed by atoms with Gasteiger partial charge in [0.05, 0.1) is 17.2 Å². The molecular formula is C22H17Cl2NO3. The molecule has 4 rings (SSSR count). The molecular weight excluding hydrogens is 397 g/mol. The molecule has 2 aromatic rings. The third-order valence-corrected chi connectivity index (χ3v) is 5.96. The first-order valence-corrected chi connectivity index (χ1v) is 9.64. The predicted octanol–water partition coefficient (Wildman–Crippen LogP) is 4.99. The summed E-state index contributed by atoms with van der Waals surface area (Å²) in [6, 6.07) is 11.6. The highest BCUT2D eigenvalue weighted by atomic mass is 35.5. The second-order valence-corrected chi connectivity index (χ2v) is 8.71. The van der Waals surface area contributed by atoms with Gasteiger partial charge in [-0.25, -0.2) is 0 Å². The second-order valence-electron chi connectivity index (χ2n) is 7.70. The molecule has 2 aliphatic carbocycles. The van der Waals surface area contributed by atoms with Crippen molar-refractivity contribution in [2.45, 2.75) is 13.8 Å². The zero-order chi connectivity index (χ0) is 20.2. The molecule has 1 saturated carbocycles. The number of anilines is 1. The number of ketones is 2. The second kappa shape index (κ2) is 6.57. The summed E-state index contributed by atoms with van der Waals surface area (Å²) >= 11 is 11.5. The van der Waals surface area contributed by atoms with Gasteiger partial charge in [-0.05, 0) is 23.5 Å². The third-order valence-electron chi connectivity index (χ3n) is 5.71. The van der Waals surface area contributed by atoms with Gasteiger partial charge in [-0.2, -0.15) is 0 Å². The van der Waals surface area contributed by atoms with Crippen LogP contribution in [-0.4, -0.2) is 17.5 Å². The Morgan fingerprint density at radius 3 is 2.21 bits per heavy atom. The molecule has 0 heterocycles. The fraction of sp³-hybridized carbons (Fsp3) is 0.227. The van der Waals surface area contributed by atoms with Crippen LogP contribution in [0, 0.1) is 17.3 Å². The van der Waals surface area contributed by atoms with E-state index in [1.807, 2.05) is 13.8 Å². The number of fused-ring (bicyclic) bond motifs is 2. The summed E-state index contributed by atoms with van der Waals surface area (Å²) in [6.45, 7) is 3.92. The van der Waals surface area contributed by atoms with E-state index in [2.05, 4.69) is 5.32 Å². The first-order valence-electron chi connectivity index (χ1n) is 8.88. The van der Waals surface area contributed by atoms with Crippen molar-refractivity contribution < 1.29 is 14.4 Å². The van der Waals surface area contributed by atoms with Gasteiger partial charge in [0.15, 0.2) is 11.6 Å². The summed E-state index contributed by atoms with van der Waals surface area (Å²) in [7, 11) is 0. The Kier molecular flexibility index (Phi) is 4.44. The molecule has 0 unspecified atom stereocenters. The lowest BCUT2D eigenvalue weighted by atomic mass is 9.83. The van der Waals surface area contributed by atoms with E-state index in [-0.39, 0.29) is 44.8 Å². The molecule has 142 valence electrons. The molecule has 2 aromatic carbocycles. The van der Waals surface area contributed by atoms with Gasteiger partial charge in [0.25, 0.3) is 0 Å². The van der Waals surface area contributed by atoms with E-state index in [0.717, 1.165) is 0 Å². The Labute approximate surface area is 172 Å². The van der Waals surface area contributed by atoms with Crippen LogP contribution in [0.2, 0.25) is 0 Å². The lowest BCUT2D eigenvalue weighted by molar-refractivity contribution is -0.118. The highest BCUT2D eigenvalue weighted by Crippen LogP contribution is 2.60. The lowest BCUT2D eigenvalue weighted by Gasteiger charge is -2.20. The number of hydrogen-bond acceptors (Lipinski definition) is 3. The van der Waals surface area contributed by atoms with Crippen LogP contribution in [0.3, 0.4) is 0 Å². The number of halogens is 2. The zero-order valence-electron chi connectivity index (χ0n) is 15.3. The van der Waals surface area contributed by atoms with Crippen LogP contribution in [0.15, 0.2) is 53.0 Å². The zero-order valence-corrected chi connectivity index (χ0v) is 16.8. The molecule has 1 fully saturated rings.